The molecule has 0 radical (unpaired) electrons. The number of hydrogen-bond acceptors (Lipinski definition) is 4. The molecular formula is C2H3N4SW-. The van der Waals surface area contributed by atoms with E-state index in [1.54, 1.807) is 7.05 Å². The molecule has 1 aromatic heterocycles. The van der Waals surface area contributed by atoms with Crippen molar-refractivity contribution in [3.05, 3.63) is 0 Å². The van der Waals surface area contributed by atoms with Crippen LogP contribution >= 0.6 is 0 Å². The smallest absolute Gasteiger partial charge is 0.0315 e. The van der Waals surface area contributed by atoms with Gasteiger partial charge in [-0.1, -0.05) is 0 Å². The number of aromatic nitrogens is 4. The normalized spacial score (nSPS) is 8.12. The first-order valence-electron chi connectivity index (χ1n) is 1.70. The van der Waals surface area contributed by atoms with Crippen molar-refractivity contribution in [2.24, 2.45) is 7.05 Å². The first-order chi connectivity index (χ1) is 3.30. The third-order valence-electron chi connectivity index (χ3n) is 0.581. The Bertz CT molecular complexity index is 146. The Kier molecular flexibility index (Phi) is 3.09. The second-order valence-corrected chi connectivity index (χ2v) is 1.45. The molecule has 0 saturated carbocycles. The van der Waals surface area contributed by atoms with Crippen LogP contribution in [0.4, 0.5) is 0 Å². The molecule has 0 aromatic carbocycles. The van der Waals surface area contributed by atoms with Crippen molar-refractivity contribution in [1.82, 2.24) is 20.2 Å². The molecule has 0 aliphatic heterocycles. The second-order valence-electron chi connectivity index (χ2n) is 1.09. The zero-order chi connectivity index (χ0) is 5.28. The van der Waals surface area contributed by atoms with E-state index in [0.717, 1.165) is 0 Å². The topological polar surface area (TPSA) is 43.6 Å². The quantitative estimate of drug-likeness (QED) is 0.583. The molecule has 0 aliphatic rings. The molecule has 1 aromatic rings. The zero-order valence-corrected chi connectivity index (χ0v) is 7.86. The molecule has 6 heteroatoms. The molecule has 0 atom stereocenters. The minimum atomic E-state index is 0. The molecule has 0 N–H and O–H groups in total. The summed E-state index contributed by atoms with van der Waals surface area (Å²) < 4.78 is 1.43. The summed E-state index contributed by atoms with van der Waals surface area (Å²) >= 11 is 4.61. The molecule has 1 heterocycles. The SMILES string of the molecule is Cn1nnnc1[S-].[W]. The van der Waals surface area contributed by atoms with E-state index in [4.69, 9.17) is 0 Å². The maximum Gasteiger partial charge on any atom is 0.0315 e. The Balaban J connectivity index is 0.000000490. The molecule has 0 bridgehead atoms. The van der Waals surface area contributed by atoms with Gasteiger partial charge in [0.05, 0.1) is 0 Å². The van der Waals surface area contributed by atoms with Crippen molar-refractivity contribution >= 4 is 12.6 Å². The van der Waals surface area contributed by atoms with Crippen LogP contribution in [0, 0.1) is 0 Å². The average Bonchev–Trinajstić information content (AvgIpc) is 1.91. The van der Waals surface area contributed by atoms with Gasteiger partial charge in [-0.25, -0.2) is 0 Å². The molecule has 0 amide bonds. The molecule has 8 heavy (non-hydrogen) atoms. The molecule has 4 nitrogen and oxygen atoms in total. The predicted molar refractivity (Wildman–Crippen MR) is 24.4 cm³/mol. The van der Waals surface area contributed by atoms with Gasteiger partial charge in [0.1, 0.15) is 0 Å². The Labute approximate surface area is 66.3 Å². The zero-order valence-electron chi connectivity index (χ0n) is 4.11. The van der Waals surface area contributed by atoms with Crippen molar-refractivity contribution in [2.75, 3.05) is 0 Å². The van der Waals surface area contributed by atoms with E-state index in [9.17, 15) is 0 Å². The summed E-state index contributed by atoms with van der Waals surface area (Å²) in [6.45, 7) is 0. The number of aryl methyl sites for hydroxylation is 1. The van der Waals surface area contributed by atoms with Gasteiger partial charge >= 0.3 is 0 Å². The number of nitrogens with zero attached hydrogens (tertiary/aromatic N) is 4. The van der Waals surface area contributed by atoms with E-state index in [1.165, 1.54) is 4.68 Å². The molecular weight excluding hydrogens is 296 g/mol. The van der Waals surface area contributed by atoms with E-state index < -0.39 is 0 Å². The number of rotatable bonds is 0. The largest absolute Gasteiger partial charge is 0.739 e. The van der Waals surface area contributed by atoms with E-state index in [-0.39, 0.29) is 21.1 Å². The Morgan fingerprint density at radius 1 is 1.62 bits per heavy atom. The maximum absolute atomic E-state index is 4.61. The summed E-state index contributed by atoms with van der Waals surface area (Å²) in [4.78, 5) is 0. The first kappa shape index (κ1) is 7.98. The predicted octanol–water partition coefficient (Wildman–Crippen LogP) is -0.887. The fourth-order valence-electron chi connectivity index (χ4n) is 0.221. The summed E-state index contributed by atoms with van der Waals surface area (Å²) in [5.41, 5.74) is 0. The van der Waals surface area contributed by atoms with Crippen LogP contribution in [0.25, 0.3) is 0 Å². The van der Waals surface area contributed by atoms with Gasteiger partial charge in [-0.15, -0.1) is 5.10 Å². The fourth-order valence-corrected chi connectivity index (χ4v) is 0.294. The van der Waals surface area contributed by atoms with E-state index >= 15 is 0 Å². The van der Waals surface area contributed by atoms with Gasteiger partial charge in [0.15, 0.2) is 0 Å². The van der Waals surface area contributed by atoms with Crippen LogP contribution < -0.4 is 0 Å². The number of tetrazole rings is 1. The van der Waals surface area contributed by atoms with Gasteiger partial charge in [0, 0.05) is 33.3 Å². The first-order valence-corrected chi connectivity index (χ1v) is 2.11. The van der Waals surface area contributed by atoms with Gasteiger partial charge in [0.2, 0.25) is 0 Å². The minimum Gasteiger partial charge on any atom is -0.739 e. The third kappa shape index (κ3) is 1.49. The van der Waals surface area contributed by atoms with Crippen molar-refractivity contribution in [2.45, 2.75) is 5.16 Å². The van der Waals surface area contributed by atoms with Crippen molar-refractivity contribution in [3.63, 3.8) is 0 Å². The van der Waals surface area contributed by atoms with Gasteiger partial charge in [-0.2, -0.15) is 0 Å². The Morgan fingerprint density at radius 3 is 2.38 bits per heavy atom. The average molecular weight is 299 g/mol. The standard InChI is InChI=1S/C2H4N4S.W/c1-6-2(7)3-4-5-6;/h1H3,(H,3,5,7);/p-1. The van der Waals surface area contributed by atoms with Crippen LogP contribution in [0.5, 0.6) is 0 Å². The van der Waals surface area contributed by atoms with Gasteiger partial charge in [0.25, 0.3) is 0 Å². The molecule has 0 spiro atoms. The Morgan fingerprint density at radius 2 is 2.25 bits per heavy atom. The Hall–Kier alpha value is -0.0217. The van der Waals surface area contributed by atoms with Crippen LogP contribution in [0.1, 0.15) is 0 Å². The monoisotopic (exact) mass is 299 g/mol. The van der Waals surface area contributed by atoms with Crippen LogP contribution in [-0.2, 0) is 40.7 Å². The van der Waals surface area contributed by atoms with Crippen LogP contribution in [0.2, 0.25) is 0 Å². The van der Waals surface area contributed by atoms with Gasteiger partial charge in [-0.05, 0) is 10.4 Å². The summed E-state index contributed by atoms with van der Waals surface area (Å²) in [5.74, 6) is 0. The molecule has 44 valence electrons. The summed E-state index contributed by atoms with van der Waals surface area (Å²) in [6, 6.07) is 0. The molecule has 0 aliphatic carbocycles. The fraction of sp³-hybridized carbons (Fsp3) is 0.500. The van der Waals surface area contributed by atoms with Crippen molar-refractivity contribution in [1.29, 1.82) is 0 Å². The van der Waals surface area contributed by atoms with Crippen LogP contribution in [-0.4, -0.2) is 20.2 Å². The molecule has 0 fully saturated rings. The van der Waals surface area contributed by atoms with Crippen LogP contribution in [0.15, 0.2) is 5.16 Å². The van der Waals surface area contributed by atoms with Gasteiger partial charge < -0.3 is 12.6 Å². The molecule has 0 saturated heterocycles. The summed E-state index contributed by atoms with van der Waals surface area (Å²) in [7, 11) is 1.70. The third-order valence-corrected chi connectivity index (χ3v) is 0.927. The van der Waals surface area contributed by atoms with E-state index in [0.29, 0.717) is 5.16 Å². The number of hydrogen-bond donors (Lipinski definition) is 0. The van der Waals surface area contributed by atoms with Crippen molar-refractivity contribution < 1.29 is 21.1 Å². The van der Waals surface area contributed by atoms with E-state index in [2.05, 4.69) is 28.2 Å². The van der Waals surface area contributed by atoms with Gasteiger partial charge in [-0.3, -0.25) is 4.68 Å². The van der Waals surface area contributed by atoms with Crippen molar-refractivity contribution in [3.8, 4) is 0 Å². The van der Waals surface area contributed by atoms with E-state index in [1.807, 2.05) is 0 Å². The molecule has 0 unspecified atom stereocenters. The second kappa shape index (κ2) is 3.09. The summed E-state index contributed by atoms with van der Waals surface area (Å²) in [5, 5.41) is 10.6. The minimum absolute atomic E-state index is 0. The molecule has 1 rings (SSSR count). The maximum atomic E-state index is 4.61. The van der Waals surface area contributed by atoms with Crippen LogP contribution in [0.3, 0.4) is 0 Å². The summed E-state index contributed by atoms with van der Waals surface area (Å²) in [6.07, 6.45) is 0.